The number of nitrogens with one attached hydrogen (secondary N) is 1. The first-order chi connectivity index (χ1) is 7.13. The van der Waals surface area contributed by atoms with Gasteiger partial charge < -0.3 is 4.74 Å². The predicted octanol–water partition coefficient (Wildman–Crippen LogP) is 0.830. The van der Waals surface area contributed by atoms with Crippen LogP contribution in [-0.2, 0) is 11.2 Å². The SMILES string of the molecule is COc1ccccc1CC(=O)NN(C)C. The number of ether oxygens (including phenoxy) is 1. The molecule has 0 spiro atoms. The predicted molar refractivity (Wildman–Crippen MR) is 58.5 cm³/mol. The standard InChI is InChI=1S/C11H16N2O2/c1-13(2)12-11(14)8-9-6-4-5-7-10(9)15-3/h4-7H,8H2,1-3H3,(H,12,14). The number of carbonyl (C=O) groups excluding carboxylic acids is 1. The molecule has 0 aliphatic rings. The fourth-order valence-electron chi connectivity index (χ4n) is 1.31. The van der Waals surface area contributed by atoms with Crippen LogP contribution in [0.4, 0.5) is 0 Å². The van der Waals surface area contributed by atoms with Crippen LogP contribution in [0.25, 0.3) is 0 Å². The van der Waals surface area contributed by atoms with Crippen LogP contribution in [0.5, 0.6) is 5.75 Å². The Morgan fingerprint density at radius 1 is 1.40 bits per heavy atom. The Kier molecular flexibility index (Phi) is 4.12. The Hall–Kier alpha value is -1.55. The van der Waals surface area contributed by atoms with Crippen molar-refractivity contribution in [2.75, 3.05) is 21.2 Å². The van der Waals surface area contributed by atoms with Gasteiger partial charge in [-0.2, -0.15) is 0 Å². The molecule has 0 bridgehead atoms. The molecular formula is C11H16N2O2. The summed E-state index contributed by atoms with van der Waals surface area (Å²) in [5.41, 5.74) is 3.57. The van der Waals surface area contributed by atoms with E-state index in [1.165, 1.54) is 0 Å². The molecule has 0 atom stereocenters. The summed E-state index contributed by atoms with van der Waals surface area (Å²) in [6.45, 7) is 0. The van der Waals surface area contributed by atoms with Crippen molar-refractivity contribution in [3.05, 3.63) is 29.8 Å². The van der Waals surface area contributed by atoms with Crippen molar-refractivity contribution in [2.45, 2.75) is 6.42 Å². The van der Waals surface area contributed by atoms with E-state index in [0.717, 1.165) is 11.3 Å². The number of nitrogens with zero attached hydrogens (tertiary/aromatic N) is 1. The van der Waals surface area contributed by atoms with Gasteiger partial charge in [0.25, 0.3) is 0 Å². The van der Waals surface area contributed by atoms with Crippen LogP contribution >= 0.6 is 0 Å². The van der Waals surface area contributed by atoms with Gasteiger partial charge in [-0.25, -0.2) is 5.01 Å². The molecule has 82 valence electrons. The summed E-state index contributed by atoms with van der Waals surface area (Å²) in [5.74, 6) is 0.691. The molecule has 1 aromatic rings. The van der Waals surface area contributed by atoms with Crippen LogP contribution in [-0.4, -0.2) is 32.1 Å². The lowest BCUT2D eigenvalue weighted by molar-refractivity contribution is -0.124. The molecule has 15 heavy (non-hydrogen) atoms. The number of amides is 1. The Balaban J connectivity index is 2.67. The summed E-state index contributed by atoms with van der Waals surface area (Å²) in [4.78, 5) is 11.5. The molecule has 4 heteroatoms. The van der Waals surface area contributed by atoms with Gasteiger partial charge in [0.05, 0.1) is 13.5 Å². The highest BCUT2D eigenvalue weighted by Crippen LogP contribution is 2.17. The van der Waals surface area contributed by atoms with Crippen molar-refractivity contribution in [1.29, 1.82) is 0 Å². The maximum atomic E-state index is 11.5. The smallest absolute Gasteiger partial charge is 0.238 e. The van der Waals surface area contributed by atoms with Gasteiger partial charge in [0, 0.05) is 19.7 Å². The summed E-state index contributed by atoms with van der Waals surface area (Å²) >= 11 is 0. The number of rotatable bonds is 4. The van der Waals surface area contributed by atoms with Crippen molar-refractivity contribution < 1.29 is 9.53 Å². The van der Waals surface area contributed by atoms with Crippen molar-refractivity contribution in [1.82, 2.24) is 10.4 Å². The van der Waals surface area contributed by atoms with Crippen molar-refractivity contribution in [3.8, 4) is 5.75 Å². The third-order valence-electron chi connectivity index (χ3n) is 1.89. The van der Waals surface area contributed by atoms with E-state index in [-0.39, 0.29) is 5.91 Å². The van der Waals surface area contributed by atoms with Crippen LogP contribution in [0.15, 0.2) is 24.3 Å². The molecule has 1 rings (SSSR count). The van der Waals surface area contributed by atoms with Crippen LogP contribution in [0.1, 0.15) is 5.56 Å². The highest BCUT2D eigenvalue weighted by atomic mass is 16.5. The fraction of sp³-hybridized carbons (Fsp3) is 0.364. The van der Waals surface area contributed by atoms with Gasteiger partial charge in [-0.3, -0.25) is 10.2 Å². The van der Waals surface area contributed by atoms with Gasteiger partial charge in [-0.15, -0.1) is 0 Å². The largest absolute Gasteiger partial charge is 0.496 e. The maximum absolute atomic E-state index is 11.5. The molecule has 0 aliphatic carbocycles. The lowest BCUT2D eigenvalue weighted by Gasteiger charge is -2.12. The highest BCUT2D eigenvalue weighted by molar-refractivity contribution is 5.78. The van der Waals surface area contributed by atoms with E-state index in [2.05, 4.69) is 5.43 Å². The van der Waals surface area contributed by atoms with E-state index in [4.69, 9.17) is 4.74 Å². The number of para-hydroxylation sites is 1. The normalized spacial score (nSPS) is 10.1. The summed E-state index contributed by atoms with van der Waals surface area (Å²) in [5, 5.41) is 1.62. The third-order valence-corrected chi connectivity index (χ3v) is 1.89. The third kappa shape index (κ3) is 3.59. The maximum Gasteiger partial charge on any atom is 0.238 e. The average Bonchev–Trinajstić information content (AvgIpc) is 2.17. The van der Waals surface area contributed by atoms with Gasteiger partial charge in [-0.1, -0.05) is 18.2 Å². The Labute approximate surface area is 89.8 Å². The lowest BCUT2D eigenvalue weighted by atomic mass is 10.1. The molecule has 1 amide bonds. The van der Waals surface area contributed by atoms with Gasteiger partial charge in [0.15, 0.2) is 0 Å². The molecular weight excluding hydrogens is 192 g/mol. The van der Waals surface area contributed by atoms with Crippen molar-refractivity contribution in [3.63, 3.8) is 0 Å². The molecule has 0 radical (unpaired) electrons. The van der Waals surface area contributed by atoms with Gasteiger partial charge >= 0.3 is 0 Å². The van der Waals surface area contributed by atoms with E-state index >= 15 is 0 Å². The molecule has 1 N–H and O–H groups in total. The monoisotopic (exact) mass is 208 g/mol. The Bertz CT molecular complexity index is 337. The number of hydrogen-bond acceptors (Lipinski definition) is 3. The minimum absolute atomic E-state index is 0.0514. The molecule has 0 aromatic heterocycles. The lowest BCUT2D eigenvalue weighted by Crippen LogP contribution is -2.37. The number of benzene rings is 1. The van der Waals surface area contributed by atoms with Crippen molar-refractivity contribution >= 4 is 5.91 Å². The first-order valence-corrected chi connectivity index (χ1v) is 4.72. The van der Waals surface area contributed by atoms with Gasteiger partial charge in [-0.05, 0) is 6.07 Å². The molecule has 1 aromatic carbocycles. The minimum Gasteiger partial charge on any atom is -0.496 e. The molecule has 0 unspecified atom stereocenters. The van der Waals surface area contributed by atoms with Crippen LogP contribution in [0.3, 0.4) is 0 Å². The van der Waals surface area contributed by atoms with Crippen LogP contribution in [0.2, 0.25) is 0 Å². The summed E-state index contributed by atoms with van der Waals surface area (Å²) in [6.07, 6.45) is 0.322. The average molecular weight is 208 g/mol. The van der Waals surface area contributed by atoms with E-state index in [9.17, 15) is 4.79 Å². The molecule has 0 fully saturated rings. The van der Waals surface area contributed by atoms with Crippen LogP contribution in [0, 0.1) is 0 Å². The van der Waals surface area contributed by atoms with Crippen LogP contribution < -0.4 is 10.2 Å². The molecule has 0 saturated carbocycles. The second-order valence-corrected chi connectivity index (χ2v) is 3.42. The second kappa shape index (κ2) is 5.36. The number of carbonyl (C=O) groups is 1. The first kappa shape index (κ1) is 11.5. The second-order valence-electron chi connectivity index (χ2n) is 3.42. The molecule has 4 nitrogen and oxygen atoms in total. The fourth-order valence-corrected chi connectivity index (χ4v) is 1.31. The Morgan fingerprint density at radius 2 is 2.07 bits per heavy atom. The molecule has 0 heterocycles. The van der Waals surface area contributed by atoms with E-state index in [0.29, 0.717) is 6.42 Å². The summed E-state index contributed by atoms with van der Waals surface area (Å²) < 4.78 is 5.16. The zero-order valence-electron chi connectivity index (χ0n) is 9.28. The molecule has 0 aliphatic heterocycles. The van der Waals surface area contributed by atoms with Crippen molar-refractivity contribution in [2.24, 2.45) is 0 Å². The summed E-state index contributed by atoms with van der Waals surface area (Å²) in [7, 11) is 5.16. The summed E-state index contributed by atoms with van der Waals surface area (Å²) in [6, 6.07) is 7.50. The van der Waals surface area contributed by atoms with E-state index in [1.807, 2.05) is 24.3 Å². The van der Waals surface area contributed by atoms with Gasteiger partial charge in [0.1, 0.15) is 5.75 Å². The number of hydrazine groups is 1. The van der Waals surface area contributed by atoms with E-state index < -0.39 is 0 Å². The topological polar surface area (TPSA) is 41.6 Å². The number of hydrogen-bond donors (Lipinski definition) is 1. The highest BCUT2D eigenvalue weighted by Gasteiger charge is 2.07. The first-order valence-electron chi connectivity index (χ1n) is 4.72. The zero-order valence-corrected chi connectivity index (χ0v) is 9.28. The Morgan fingerprint density at radius 3 is 2.67 bits per heavy atom. The molecule has 0 saturated heterocycles. The minimum atomic E-state index is -0.0514. The van der Waals surface area contributed by atoms with E-state index in [1.54, 1.807) is 26.2 Å². The number of methoxy groups -OCH3 is 1. The quantitative estimate of drug-likeness (QED) is 0.745. The van der Waals surface area contributed by atoms with Gasteiger partial charge in [0.2, 0.25) is 5.91 Å². The zero-order chi connectivity index (χ0) is 11.3.